The van der Waals surface area contributed by atoms with Crippen molar-refractivity contribution in [3.05, 3.63) is 71.7 Å². The number of aromatic nitrogens is 2. The molecule has 0 spiro atoms. The molecule has 0 atom stereocenters. The standard InChI is InChI=1S/C21H21N5O2/c1-13-6-4-7-16(10-13)26-21(28)19-12-20(23-14(2)22-19)25-18-9-5-8-17(11-18)24-15(3)27/h4-12H,1-3H3,(H,24,27)(H,26,28)(H,22,23,25). The predicted octanol–water partition coefficient (Wildman–Crippen LogP) is 4.05. The summed E-state index contributed by atoms with van der Waals surface area (Å²) in [5.41, 5.74) is 3.42. The van der Waals surface area contributed by atoms with Crippen molar-refractivity contribution in [1.29, 1.82) is 0 Å². The molecule has 142 valence electrons. The van der Waals surface area contributed by atoms with Gasteiger partial charge in [-0.1, -0.05) is 18.2 Å². The first-order valence-corrected chi connectivity index (χ1v) is 8.77. The van der Waals surface area contributed by atoms with Crippen molar-refractivity contribution in [3.8, 4) is 0 Å². The normalized spacial score (nSPS) is 10.2. The second-order valence-corrected chi connectivity index (χ2v) is 6.40. The van der Waals surface area contributed by atoms with Crippen molar-refractivity contribution in [2.75, 3.05) is 16.0 Å². The van der Waals surface area contributed by atoms with Crippen LogP contribution in [0.15, 0.2) is 54.6 Å². The maximum atomic E-state index is 12.6. The SMILES string of the molecule is CC(=O)Nc1cccc(Nc2cc(C(=O)Nc3cccc(C)c3)nc(C)n2)c1. The Balaban J connectivity index is 1.79. The summed E-state index contributed by atoms with van der Waals surface area (Å²) < 4.78 is 0. The monoisotopic (exact) mass is 375 g/mol. The van der Waals surface area contributed by atoms with Crippen molar-refractivity contribution in [3.63, 3.8) is 0 Å². The fourth-order valence-corrected chi connectivity index (χ4v) is 2.69. The summed E-state index contributed by atoms with van der Waals surface area (Å²) in [5, 5.41) is 8.72. The van der Waals surface area contributed by atoms with Crippen LogP contribution in [0.1, 0.15) is 28.8 Å². The van der Waals surface area contributed by atoms with E-state index in [9.17, 15) is 9.59 Å². The summed E-state index contributed by atoms with van der Waals surface area (Å²) in [6, 6.07) is 16.4. The third-order valence-corrected chi connectivity index (χ3v) is 3.80. The molecule has 3 aromatic rings. The van der Waals surface area contributed by atoms with Crippen LogP contribution in [-0.2, 0) is 4.79 Å². The molecule has 0 radical (unpaired) electrons. The van der Waals surface area contributed by atoms with E-state index < -0.39 is 0 Å². The van der Waals surface area contributed by atoms with E-state index in [0.29, 0.717) is 23.0 Å². The van der Waals surface area contributed by atoms with Gasteiger partial charge in [0.25, 0.3) is 5.91 Å². The molecule has 7 heteroatoms. The molecule has 2 amide bonds. The number of hydrogen-bond acceptors (Lipinski definition) is 5. The van der Waals surface area contributed by atoms with Gasteiger partial charge in [0.05, 0.1) is 0 Å². The molecule has 3 rings (SSSR count). The zero-order chi connectivity index (χ0) is 20.1. The van der Waals surface area contributed by atoms with E-state index in [-0.39, 0.29) is 17.5 Å². The van der Waals surface area contributed by atoms with Gasteiger partial charge in [0, 0.05) is 30.1 Å². The average Bonchev–Trinajstić information content (AvgIpc) is 2.61. The Hall–Kier alpha value is -3.74. The number of nitrogens with zero attached hydrogens (tertiary/aromatic N) is 2. The van der Waals surface area contributed by atoms with Crippen LogP contribution in [-0.4, -0.2) is 21.8 Å². The number of aryl methyl sites for hydroxylation is 2. The van der Waals surface area contributed by atoms with Crippen LogP contribution in [0.4, 0.5) is 22.9 Å². The number of benzene rings is 2. The Kier molecular flexibility index (Phi) is 5.64. The predicted molar refractivity (Wildman–Crippen MR) is 110 cm³/mol. The first kappa shape index (κ1) is 19.0. The molecule has 3 N–H and O–H groups in total. The van der Waals surface area contributed by atoms with Gasteiger partial charge in [-0.25, -0.2) is 9.97 Å². The highest BCUT2D eigenvalue weighted by Crippen LogP contribution is 2.20. The molecular weight excluding hydrogens is 354 g/mol. The number of anilines is 4. The molecule has 0 saturated heterocycles. The lowest BCUT2D eigenvalue weighted by Crippen LogP contribution is -2.15. The number of rotatable bonds is 5. The van der Waals surface area contributed by atoms with Crippen LogP contribution in [0.2, 0.25) is 0 Å². The highest BCUT2D eigenvalue weighted by molar-refractivity contribution is 6.03. The third kappa shape index (κ3) is 5.14. The molecule has 0 bridgehead atoms. The lowest BCUT2D eigenvalue weighted by Gasteiger charge is -2.11. The number of nitrogens with one attached hydrogen (secondary N) is 3. The molecule has 0 saturated carbocycles. The molecule has 2 aromatic carbocycles. The molecule has 1 heterocycles. The van der Waals surface area contributed by atoms with Gasteiger partial charge in [-0.05, 0) is 49.7 Å². The van der Waals surface area contributed by atoms with Crippen LogP contribution >= 0.6 is 0 Å². The number of amides is 2. The zero-order valence-corrected chi connectivity index (χ0v) is 15.9. The minimum absolute atomic E-state index is 0.148. The lowest BCUT2D eigenvalue weighted by atomic mass is 10.2. The summed E-state index contributed by atoms with van der Waals surface area (Å²) in [6.07, 6.45) is 0. The van der Waals surface area contributed by atoms with E-state index >= 15 is 0 Å². The molecule has 0 aliphatic rings. The first-order chi connectivity index (χ1) is 13.4. The van der Waals surface area contributed by atoms with E-state index in [1.54, 1.807) is 25.1 Å². The van der Waals surface area contributed by atoms with Crippen molar-refractivity contribution >= 4 is 34.7 Å². The van der Waals surface area contributed by atoms with E-state index in [2.05, 4.69) is 25.9 Å². The van der Waals surface area contributed by atoms with Crippen LogP contribution < -0.4 is 16.0 Å². The highest BCUT2D eigenvalue weighted by atomic mass is 16.2. The largest absolute Gasteiger partial charge is 0.340 e. The molecule has 7 nitrogen and oxygen atoms in total. The summed E-state index contributed by atoms with van der Waals surface area (Å²) in [7, 11) is 0. The molecule has 1 aromatic heterocycles. The molecule has 0 fully saturated rings. The van der Waals surface area contributed by atoms with Gasteiger partial charge in [0.1, 0.15) is 17.3 Å². The van der Waals surface area contributed by atoms with Crippen LogP contribution in [0.5, 0.6) is 0 Å². The molecular formula is C21H21N5O2. The molecule has 0 unspecified atom stereocenters. The Bertz CT molecular complexity index is 1030. The highest BCUT2D eigenvalue weighted by Gasteiger charge is 2.11. The Morgan fingerprint density at radius 2 is 1.50 bits per heavy atom. The maximum absolute atomic E-state index is 12.6. The third-order valence-electron chi connectivity index (χ3n) is 3.80. The summed E-state index contributed by atoms with van der Waals surface area (Å²) in [6.45, 7) is 5.14. The minimum Gasteiger partial charge on any atom is -0.340 e. The summed E-state index contributed by atoms with van der Waals surface area (Å²) in [4.78, 5) is 32.4. The Morgan fingerprint density at radius 1 is 0.821 bits per heavy atom. The quantitative estimate of drug-likeness (QED) is 0.625. The van der Waals surface area contributed by atoms with E-state index in [1.165, 1.54) is 6.92 Å². The number of hydrogen-bond donors (Lipinski definition) is 3. The smallest absolute Gasteiger partial charge is 0.274 e. The second kappa shape index (κ2) is 8.30. The van der Waals surface area contributed by atoms with Crippen molar-refractivity contribution < 1.29 is 9.59 Å². The van der Waals surface area contributed by atoms with E-state index in [1.807, 2.05) is 43.3 Å². The van der Waals surface area contributed by atoms with Gasteiger partial charge < -0.3 is 16.0 Å². The van der Waals surface area contributed by atoms with Crippen LogP contribution in [0.3, 0.4) is 0 Å². The van der Waals surface area contributed by atoms with Crippen molar-refractivity contribution in [2.24, 2.45) is 0 Å². The Morgan fingerprint density at radius 3 is 2.21 bits per heavy atom. The van der Waals surface area contributed by atoms with Gasteiger partial charge in [0.15, 0.2) is 0 Å². The van der Waals surface area contributed by atoms with Crippen molar-refractivity contribution in [2.45, 2.75) is 20.8 Å². The van der Waals surface area contributed by atoms with E-state index in [4.69, 9.17) is 0 Å². The molecule has 0 aliphatic heterocycles. The Labute approximate surface area is 163 Å². The molecule has 0 aliphatic carbocycles. The maximum Gasteiger partial charge on any atom is 0.274 e. The second-order valence-electron chi connectivity index (χ2n) is 6.40. The van der Waals surface area contributed by atoms with Gasteiger partial charge in [-0.3, -0.25) is 9.59 Å². The summed E-state index contributed by atoms with van der Waals surface area (Å²) in [5.74, 6) is 0.496. The fraction of sp³-hybridized carbons (Fsp3) is 0.143. The number of carbonyl (C=O) groups is 2. The topological polar surface area (TPSA) is 96.0 Å². The first-order valence-electron chi connectivity index (χ1n) is 8.77. The van der Waals surface area contributed by atoms with E-state index in [0.717, 1.165) is 11.3 Å². The zero-order valence-electron chi connectivity index (χ0n) is 15.9. The van der Waals surface area contributed by atoms with Crippen molar-refractivity contribution in [1.82, 2.24) is 9.97 Å². The van der Waals surface area contributed by atoms with Gasteiger partial charge >= 0.3 is 0 Å². The van der Waals surface area contributed by atoms with Crippen LogP contribution in [0, 0.1) is 13.8 Å². The molecule has 28 heavy (non-hydrogen) atoms. The average molecular weight is 375 g/mol. The summed E-state index contributed by atoms with van der Waals surface area (Å²) >= 11 is 0. The van der Waals surface area contributed by atoms with Gasteiger partial charge in [-0.15, -0.1) is 0 Å². The minimum atomic E-state index is -0.314. The van der Waals surface area contributed by atoms with Gasteiger partial charge in [-0.2, -0.15) is 0 Å². The van der Waals surface area contributed by atoms with Crippen LogP contribution in [0.25, 0.3) is 0 Å². The fourth-order valence-electron chi connectivity index (χ4n) is 2.69. The lowest BCUT2D eigenvalue weighted by molar-refractivity contribution is -0.114. The number of carbonyl (C=O) groups excluding carboxylic acids is 2. The van der Waals surface area contributed by atoms with Gasteiger partial charge in [0.2, 0.25) is 5.91 Å².